The number of nitrogens with one attached hydrogen (secondary N) is 1. The molecule has 0 saturated heterocycles. The van der Waals surface area contributed by atoms with E-state index in [0.29, 0.717) is 18.2 Å². The summed E-state index contributed by atoms with van der Waals surface area (Å²) in [7, 11) is -1.82. The van der Waals surface area contributed by atoms with Crippen LogP contribution in [0.4, 0.5) is 0 Å². The molecule has 1 unspecified atom stereocenters. The monoisotopic (exact) mass is 286 g/mol. The number of rotatable bonds is 5. The first kappa shape index (κ1) is 14.5. The normalized spacial score (nSPS) is 18.9. The molecule has 1 saturated carbocycles. The van der Waals surface area contributed by atoms with Gasteiger partial charge in [-0.3, -0.25) is 4.68 Å². The fourth-order valence-electron chi connectivity index (χ4n) is 2.80. The molecule has 0 spiro atoms. The summed E-state index contributed by atoms with van der Waals surface area (Å²) in [4.78, 5) is 0.242. The summed E-state index contributed by atoms with van der Waals surface area (Å²) in [6.45, 7) is 2.03. The topological polar surface area (TPSA) is 90.0 Å². The minimum Gasteiger partial charge on any atom is -0.329 e. The molecule has 1 heterocycles. The largest absolute Gasteiger partial charge is 0.329 e. The SMILES string of the molecule is Cc1nn(C)cc1S(=O)(=O)NC(CN)C1CCCC1. The van der Waals surface area contributed by atoms with Gasteiger partial charge in [0.2, 0.25) is 10.0 Å². The number of hydrogen-bond donors (Lipinski definition) is 2. The number of hydrogen-bond acceptors (Lipinski definition) is 4. The van der Waals surface area contributed by atoms with Gasteiger partial charge in [0.25, 0.3) is 0 Å². The average Bonchev–Trinajstić information content (AvgIpc) is 2.96. The Morgan fingerprint density at radius 1 is 1.53 bits per heavy atom. The van der Waals surface area contributed by atoms with Crippen molar-refractivity contribution in [2.45, 2.75) is 43.5 Å². The highest BCUT2D eigenvalue weighted by Crippen LogP contribution is 2.28. The summed E-state index contributed by atoms with van der Waals surface area (Å²) >= 11 is 0. The molecule has 1 aliphatic carbocycles. The maximum Gasteiger partial charge on any atom is 0.244 e. The summed E-state index contributed by atoms with van der Waals surface area (Å²) in [5.41, 5.74) is 6.24. The molecule has 2 rings (SSSR count). The highest BCUT2D eigenvalue weighted by Gasteiger charge is 2.29. The summed E-state index contributed by atoms with van der Waals surface area (Å²) in [5, 5.41) is 4.07. The molecule has 1 aliphatic rings. The van der Waals surface area contributed by atoms with Gasteiger partial charge in [0.15, 0.2) is 0 Å². The average molecular weight is 286 g/mol. The van der Waals surface area contributed by atoms with Crippen LogP contribution in [0.5, 0.6) is 0 Å². The standard InChI is InChI=1S/C12H22N4O2S/c1-9-12(8-16(2)14-9)19(17,18)15-11(7-13)10-5-3-4-6-10/h8,10-11,15H,3-7,13H2,1-2H3. The molecule has 6 nitrogen and oxygen atoms in total. The quantitative estimate of drug-likeness (QED) is 0.826. The minimum absolute atomic E-state index is 0.174. The predicted molar refractivity (Wildman–Crippen MR) is 73.1 cm³/mol. The third kappa shape index (κ3) is 3.16. The van der Waals surface area contributed by atoms with Crippen LogP contribution in [0.1, 0.15) is 31.4 Å². The zero-order valence-corrected chi connectivity index (χ0v) is 12.3. The molecule has 19 heavy (non-hydrogen) atoms. The Kier molecular flexibility index (Phi) is 4.27. The molecule has 3 N–H and O–H groups in total. The van der Waals surface area contributed by atoms with E-state index < -0.39 is 10.0 Å². The molecule has 1 fully saturated rings. The molecule has 0 amide bonds. The summed E-state index contributed by atoms with van der Waals surface area (Å²) in [6, 6.07) is -0.174. The van der Waals surface area contributed by atoms with Crippen molar-refractivity contribution in [1.82, 2.24) is 14.5 Å². The Bertz CT molecular complexity index is 532. The lowest BCUT2D eigenvalue weighted by Crippen LogP contribution is -2.44. The van der Waals surface area contributed by atoms with E-state index in [0.717, 1.165) is 25.7 Å². The molecule has 0 radical (unpaired) electrons. The third-order valence-corrected chi connectivity index (χ3v) is 5.38. The van der Waals surface area contributed by atoms with Crippen molar-refractivity contribution in [3.05, 3.63) is 11.9 Å². The summed E-state index contributed by atoms with van der Waals surface area (Å²) in [5.74, 6) is 0.358. The van der Waals surface area contributed by atoms with Crippen LogP contribution in [-0.4, -0.2) is 30.8 Å². The molecule has 0 aliphatic heterocycles. The van der Waals surface area contributed by atoms with Gasteiger partial charge in [0.05, 0.1) is 5.69 Å². The van der Waals surface area contributed by atoms with E-state index in [2.05, 4.69) is 9.82 Å². The highest BCUT2D eigenvalue weighted by molar-refractivity contribution is 7.89. The van der Waals surface area contributed by atoms with Gasteiger partial charge in [-0.1, -0.05) is 12.8 Å². The summed E-state index contributed by atoms with van der Waals surface area (Å²) in [6.07, 6.45) is 5.95. The molecule has 7 heteroatoms. The van der Waals surface area contributed by atoms with Crippen molar-refractivity contribution in [3.63, 3.8) is 0 Å². The molecule has 1 aromatic rings. The molecular formula is C12H22N4O2S. The van der Waals surface area contributed by atoms with Gasteiger partial charge in [-0.05, 0) is 25.7 Å². The summed E-state index contributed by atoms with van der Waals surface area (Å²) < 4.78 is 29.0. The van der Waals surface area contributed by atoms with Crippen LogP contribution in [0, 0.1) is 12.8 Å². The van der Waals surface area contributed by atoms with Crippen LogP contribution >= 0.6 is 0 Å². The van der Waals surface area contributed by atoms with E-state index in [9.17, 15) is 8.42 Å². The lowest BCUT2D eigenvalue weighted by molar-refractivity contribution is 0.405. The van der Waals surface area contributed by atoms with Crippen molar-refractivity contribution in [2.75, 3.05) is 6.54 Å². The van der Waals surface area contributed by atoms with E-state index in [4.69, 9.17) is 5.73 Å². The van der Waals surface area contributed by atoms with Crippen LogP contribution in [-0.2, 0) is 17.1 Å². The van der Waals surface area contributed by atoms with Gasteiger partial charge in [0.1, 0.15) is 4.90 Å². The predicted octanol–water partition coefficient (Wildman–Crippen LogP) is 0.524. The van der Waals surface area contributed by atoms with E-state index in [1.165, 1.54) is 10.9 Å². The first-order valence-electron chi connectivity index (χ1n) is 6.66. The zero-order chi connectivity index (χ0) is 14.0. The number of sulfonamides is 1. The molecule has 1 atom stereocenters. The molecular weight excluding hydrogens is 264 g/mol. The van der Waals surface area contributed by atoms with Gasteiger partial charge >= 0.3 is 0 Å². The van der Waals surface area contributed by atoms with Crippen molar-refractivity contribution in [2.24, 2.45) is 18.7 Å². The Balaban J connectivity index is 2.17. The highest BCUT2D eigenvalue weighted by atomic mass is 32.2. The fraction of sp³-hybridized carbons (Fsp3) is 0.750. The van der Waals surface area contributed by atoms with E-state index in [-0.39, 0.29) is 10.9 Å². The lowest BCUT2D eigenvalue weighted by Gasteiger charge is -2.22. The van der Waals surface area contributed by atoms with Crippen molar-refractivity contribution in [3.8, 4) is 0 Å². The molecule has 108 valence electrons. The van der Waals surface area contributed by atoms with Gasteiger partial charge in [-0.15, -0.1) is 0 Å². The van der Waals surface area contributed by atoms with Gasteiger partial charge in [0, 0.05) is 25.8 Å². The van der Waals surface area contributed by atoms with Crippen LogP contribution in [0.2, 0.25) is 0 Å². The van der Waals surface area contributed by atoms with Crippen LogP contribution in [0.25, 0.3) is 0 Å². The van der Waals surface area contributed by atoms with Crippen molar-refractivity contribution < 1.29 is 8.42 Å². The minimum atomic E-state index is -3.53. The maximum atomic E-state index is 12.4. The molecule has 0 bridgehead atoms. The second kappa shape index (κ2) is 5.60. The van der Waals surface area contributed by atoms with Crippen LogP contribution in [0.3, 0.4) is 0 Å². The van der Waals surface area contributed by atoms with Gasteiger partial charge in [-0.25, -0.2) is 13.1 Å². The fourth-order valence-corrected chi connectivity index (χ4v) is 4.34. The zero-order valence-electron chi connectivity index (χ0n) is 11.5. The first-order valence-corrected chi connectivity index (χ1v) is 8.15. The van der Waals surface area contributed by atoms with Crippen molar-refractivity contribution >= 4 is 10.0 Å². The van der Waals surface area contributed by atoms with Gasteiger partial charge in [-0.2, -0.15) is 5.10 Å². The number of aromatic nitrogens is 2. The van der Waals surface area contributed by atoms with Crippen molar-refractivity contribution in [1.29, 1.82) is 0 Å². The Morgan fingerprint density at radius 3 is 2.63 bits per heavy atom. The Morgan fingerprint density at radius 2 is 2.16 bits per heavy atom. The molecule has 0 aromatic carbocycles. The van der Waals surface area contributed by atoms with Crippen LogP contribution < -0.4 is 10.5 Å². The Hall–Kier alpha value is -0.920. The second-order valence-corrected chi connectivity index (χ2v) is 6.94. The van der Waals surface area contributed by atoms with E-state index >= 15 is 0 Å². The Labute approximate surface area is 114 Å². The third-order valence-electron chi connectivity index (χ3n) is 3.79. The molecule has 1 aromatic heterocycles. The van der Waals surface area contributed by atoms with Gasteiger partial charge < -0.3 is 5.73 Å². The number of nitrogens with zero attached hydrogens (tertiary/aromatic N) is 2. The smallest absolute Gasteiger partial charge is 0.244 e. The number of nitrogens with two attached hydrogens (primary N) is 1. The van der Waals surface area contributed by atoms with Crippen LogP contribution in [0.15, 0.2) is 11.1 Å². The number of aryl methyl sites for hydroxylation is 2. The first-order chi connectivity index (χ1) is 8.94. The second-order valence-electron chi connectivity index (χ2n) is 5.26. The maximum absolute atomic E-state index is 12.4. The van der Waals surface area contributed by atoms with E-state index in [1.807, 2.05) is 0 Å². The lowest BCUT2D eigenvalue weighted by atomic mass is 9.99. The van der Waals surface area contributed by atoms with E-state index in [1.54, 1.807) is 14.0 Å².